The van der Waals surface area contributed by atoms with Crippen LogP contribution in [-0.4, -0.2) is 26.5 Å². The van der Waals surface area contributed by atoms with Crippen LogP contribution in [0.15, 0.2) is 23.6 Å². The van der Waals surface area contributed by atoms with Crippen molar-refractivity contribution in [2.24, 2.45) is 0 Å². The minimum absolute atomic E-state index is 0.0889. The van der Waals surface area contributed by atoms with Crippen LogP contribution in [0.5, 0.6) is 0 Å². The van der Waals surface area contributed by atoms with Gasteiger partial charge >= 0.3 is 5.97 Å². The van der Waals surface area contributed by atoms with E-state index >= 15 is 0 Å². The number of aryl methyl sites for hydroxylation is 2. The lowest BCUT2D eigenvalue weighted by molar-refractivity contribution is -0.143. The standard InChI is InChI=1S/C20H28N2O3S2/c1-7-25-17(23)11-15(22-27(24)20(4,5)6)16-12-26-19(21-16)18-13(2)9-8-10-14(18)3/h8-10,12,15,22H,7,11H2,1-6H3/t15-,27-/m1/s1. The summed E-state index contributed by atoms with van der Waals surface area (Å²) in [5.74, 6) is -0.331. The van der Waals surface area contributed by atoms with Gasteiger partial charge in [0.2, 0.25) is 0 Å². The highest BCUT2D eigenvalue weighted by atomic mass is 32.2. The summed E-state index contributed by atoms with van der Waals surface area (Å²) >= 11 is 1.53. The van der Waals surface area contributed by atoms with E-state index in [2.05, 4.69) is 30.7 Å². The molecule has 1 aromatic heterocycles. The van der Waals surface area contributed by atoms with E-state index in [0.717, 1.165) is 21.7 Å². The lowest BCUT2D eigenvalue weighted by Crippen LogP contribution is -2.36. The zero-order chi connectivity index (χ0) is 20.2. The molecule has 0 bridgehead atoms. The molecule has 1 aromatic carbocycles. The van der Waals surface area contributed by atoms with Crippen molar-refractivity contribution in [2.45, 2.75) is 58.8 Å². The van der Waals surface area contributed by atoms with Crippen molar-refractivity contribution in [3.8, 4) is 10.6 Å². The summed E-state index contributed by atoms with van der Waals surface area (Å²) in [6.07, 6.45) is 0.0889. The van der Waals surface area contributed by atoms with Crippen LogP contribution in [0.25, 0.3) is 10.6 Å². The van der Waals surface area contributed by atoms with E-state index < -0.39 is 21.8 Å². The molecule has 2 atom stereocenters. The maximum Gasteiger partial charge on any atom is 0.307 e. The first-order valence-corrected chi connectivity index (χ1v) is 11.0. The average Bonchev–Trinajstić information content (AvgIpc) is 3.03. The fraction of sp³-hybridized carbons (Fsp3) is 0.500. The topological polar surface area (TPSA) is 68.3 Å². The Balaban J connectivity index is 2.34. The van der Waals surface area contributed by atoms with Crippen molar-refractivity contribution in [1.82, 2.24) is 9.71 Å². The van der Waals surface area contributed by atoms with Crippen LogP contribution in [-0.2, 0) is 20.5 Å². The summed E-state index contributed by atoms with van der Waals surface area (Å²) in [6.45, 7) is 11.9. The summed E-state index contributed by atoms with van der Waals surface area (Å²) < 4.78 is 20.3. The van der Waals surface area contributed by atoms with Gasteiger partial charge in [-0.2, -0.15) is 0 Å². The molecule has 0 amide bonds. The van der Waals surface area contributed by atoms with E-state index in [-0.39, 0.29) is 12.4 Å². The molecule has 1 N–H and O–H groups in total. The maximum absolute atomic E-state index is 12.6. The molecule has 0 radical (unpaired) electrons. The van der Waals surface area contributed by atoms with Gasteiger partial charge in [0.15, 0.2) is 0 Å². The van der Waals surface area contributed by atoms with E-state index in [9.17, 15) is 9.00 Å². The Kier molecular flexibility index (Phi) is 7.31. The quantitative estimate of drug-likeness (QED) is 0.686. The molecule has 1 heterocycles. The molecule has 2 rings (SSSR count). The van der Waals surface area contributed by atoms with Crippen LogP contribution in [0.4, 0.5) is 0 Å². The largest absolute Gasteiger partial charge is 0.466 e. The van der Waals surface area contributed by atoms with E-state index in [1.165, 1.54) is 11.3 Å². The van der Waals surface area contributed by atoms with Crippen molar-refractivity contribution < 1.29 is 13.7 Å². The zero-order valence-corrected chi connectivity index (χ0v) is 18.4. The molecular formula is C20H28N2O3S2. The SMILES string of the molecule is CCOC(=O)C[C@@H](N[S@](=O)C(C)(C)C)c1csc(-c2c(C)cccc2C)n1. The normalized spacial score (nSPS) is 14.0. The average molecular weight is 409 g/mol. The fourth-order valence-corrected chi connectivity index (χ4v) is 4.48. The predicted molar refractivity (Wildman–Crippen MR) is 112 cm³/mol. The third kappa shape index (κ3) is 5.70. The number of rotatable bonds is 7. The van der Waals surface area contributed by atoms with Gasteiger partial charge in [0.05, 0.1) is 40.5 Å². The molecule has 148 valence electrons. The first-order chi connectivity index (χ1) is 12.6. The second-order valence-electron chi connectivity index (χ2n) is 7.41. The van der Waals surface area contributed by atoms with Gasteiger partial charge in [0.1, 0.15) is 5.01 Å². The minimum Gasteiger partial charge on any atom is -0.466 e. The molecule has 0 unspecified atom stereocenters. The smallest absolute Gasteiger partial charge is 0.307 e. The minimum atomic E-state index is -1.33. The summed E-state index contributed by atoms with van der Waals surface area (Å²) in [4.78, 5) is 16.8. The molecule has 0 aliphatic heterocycles. The summed E-state index contributed by atoms with van der Waals surface area (Å²) in [6, 6.07) is 5.69. The summed E-state index contributed by atoms with van der Waals surface area (Å²) in [5, 5.41) is 2.83. The van der Waals surface area contributed by atoms with Gasteiger partial charge < -0.3 is 4.74 Å². The second-order valence-corrected chi connectivity index (χ2v) is 10.3. The van der Waals surface area contributed by atoms with Crippen LogP contribution in [0, 0.1) is 13.8 Å². The predicted octanol–water partition coefficient (Wildman–Crippen LogP) is 4.47. The lowest BCUT2D eigenvalue weighted by atomic mass is 10.0. The third-order valence-electron chi connectivity index (χ3n) is 4.06. The van der Waals surface area contributed by atoms with Gasteiger partial charge in [-0.1, -0.05) is 18.2 Å². The molecule has 0 saturated heterocycles. The Labute approximate surface area is 168 Å². The second kappa shape index (κ2) is 9.08. The van der Waals surface area contributed by atoms with E-state index in [1.54, 1.807) is 6.92 Å². The van der Waals surface area contributed by atoms with Gasteiger partial charge in [-0.05, 0) is 52.7 Å². The van der Waals surface area contributed by atoms with Crippen LogP contribution in [0.2, 0.25) is 0 Å². The van der Waals surface area contributed by atoms with Crippen molar-refractivity contribution in [2.75, 3.05) is 6.61 Å². The number of thiazole rings is 1. The van der Waals surface area contributed by atoms with Gasteiger partial charge in [-0.15, -0.1) is 11.3 Å². The van der Waals surface area contributed by atoms with E-state index in [1.807, 2.05) is 32.2 Å². The Morgan fingerprint density at radius 1 is 1.30 bits per heavy atom. The molecule has 0 aliphatic carbocycles. The number of nitrogens with one attached hydrogen (secondary N) is 1. The van der Waals surface area contributed by atoms with E-state index in [4.69, 9.17) is 9.72 Å². The van der Waals surface area contributed by atoms with Gasteiger partial charge in [0.25, 0.3) is 0 Å². The number of nitrogens with zero attached hydrogens (tertiary/aromatic N) is 1. The highest BCUT2D eigenvalue weighted by Crippen LogP contribution is 2.32. The number of benzene rings is 1. The number of carbonyl (C=O) groups is 1. The first-order valence-electron chi connectivity index (χ1n) is 8.99. The molecule has 27 heavy (non-hydrogen) atoms. The first kappa shape index (κ1) is 21.7. The van der Waals surface area contributed by atoms with Crippen LogP contribution in [0.3, 0.4) is 0 Å². The fourth-order valence-electron chi connectivity index (χ4n) is 2.61. The van der Waals surface area contributed by atoms with Gasteiger partial charge in [0, 0.05) is 10.9 Å². The van der Waals surface area contributed by atoms with Crippen molar-refractivity contribution in [1.29, 1.82) is 0 Å². The molecular weight excluding hydrogens is 380 g/mol. The number of esters is 1. The number of hydrogen-bond donors (Lipinski definition) is 1. The summed E-state index contributed by atoms with van der Waals surface area (Å²) in [5.41, 5.74) is 4.14. The number of hydrogen-bond acceptors (Lipinski definition) is 5. The number of carbonyl (C=O) groups excluding carboxylic acids is 1. The Hall–Kier alpha value is -1.57. The van der Waals surface area contributed by atoms with Crippen LogP contribution < -0.4 is 4.72 Å². The van der Waals surface area contributed by atoms with E-state index in [0.29, 0.717) is 12.3 Å². The Morgan fingerprint density at radius 2 is 1.93 bits per heavy atom. The lowest BCUT2D eigenvalue weighted by Gasteiger charge is -2.23. The monoisotopic (exact) mass is 408 g/mol. The Morgan fingerprint density at radius 3 is 2.48 bits per heavy atom. The number of aromatic nitrogens is 1. The van der Waals surface area contributed by atoms with Gasteiger partial charge in [-0.3, -0.25) is 4.79 Å². The molecule has 0 spiro atoms. The highest BCUT2D eigenvalue weighted by Gasteiger charge is 2.27. The molecule has 5 nitrogen and oxygen atoms in total. The molecule has 7 heteroatoms. The number of ether oxygens (including phenoxy) is 1. The molecule has 0 aliphatic rings. The molecule has 2 aromatic rings. The Bertz CT molecular complexity index is 805. The van der Waals surface area contributed by atoms with Crippen molar-refractivity contribution >= 4 is 28.3 Å². The van der Waals surface area contributed by atoms with Crippen LogP contribution in [0.1, 0.15) is 57.0 Å². The van der Waals surface area contributed by atoms with Crippen molar-refractivity contribution in [3.05, 3.63) is 40.4 Å². The summed E-state index contributed by atoms with van der Waals surface area (Å²) in [7, 11) is -1.33. The third-order valence-corrected chi connectivity index (χ3v) is 6.54. The highest BCUT2D eigenvalue weighted by molar-refractivity contribution is 7.84. The molecule has 0 saturated carbocycles. The maximum atomic E-state index is 12.6. The van der Waals surface area contributed by atoms with Crippen LogP contribution >= 0.6 is 11.3 Å². The molecule has 0 fully saturated rings. The van der Waals surface area contributed by atoms with Crippen molar-refractivity contribution in [3.63, 3.8) is 0 Å². The van der Waals surface area contributed by atoms with Gasteiger partial charge in [-0.25, -0.2) is 13.9 Å². The zero-order valence-electron chi connectivity index (χ0n) is 16.8.